The summed E-state index contributed by atoms with van der Waals surface area (Å²) >= 11 is 0. The van der Waals surface area contributed by atoms with Crippen LogP contribution in [0.4, 0.5) is 14.5 Å². The molecule has 0 radical (unpaired) electrons. The summed E-state index contributed by atoms with van der Waals surface area (Å²) in [5.41, 5.74) is 0.983. The van der Waals surface area contributed by atoms with Gasteiger partial charge >= 0.3 is 0 Å². The Morgan fingerprint density at radius 1 is 1.04 bits per heavy atom. The molecule has 7 heteroatoms. The molecule has 0 aliphatic rings. The number of nitrogens with zero attached hydrogens (tertiary/aromatic N) is 2. The van der Waals surface area contributed by atoms with E-state index >= 15 is 0 Å². The van der Waals surface area contributed by atoms with Gasteiger partial charge in [0.1, 0.15) is 11.6 Å². The molecule has 2 aromatic carbocycles. The van der Waals surface area contributed by atoms with Crippen LogP contribution in [0, 0.1) is 11.6 Å². The fraction of sp³-hybridized carbons (Fsp3) is 0.118. The highest BCUT2D eigenvalue weighted by molar-refractivity contribution is 5.90. The Bertz CT molecular complexity index is 847. The molecule has 122 valence electrons. The van der Waals surface area contributed by atoms with Crippen LogP contribution < -0.4 is 5.32 Å². The summed E-state index contributed by atoms with van der Waals surface area (Å²) in [5, 5.41) is 10.3. The number of carbonyl (C=O) groups is 1. The van der Waals surface area contributed by atoms with Gasteiger partial charge < -0.3 is 9.73 Å². The van der Waals surface area contributed by atoms with E-state index in [0.717, 1.165) is 0 Å². The van der Waals surface area contributed by atoms with Gasteiger partial charge in [0.25, 0.3) is 0 Å². The van der Waals surface area contributed by atoms with Gasteiger partial charge in [0.2, 0.25) is 17.7 Å². The molecule has 3 rings (SSSR count). The highest BCUT2D eigenvalue weighted by Gasteiger charge is 2.11. The van der Waals surface area contributed by atoms with Crippen molar-refractivity contribution in [3.63, 3.8) is 0 Å². The largest absolute Gasteiger partial charge is 0.421 e. The van der Waals surface area contributed by atoms with Gasteiger partial charge in [0.15, 0.2) is 0 Å². The number of aromatic nitrogens is 2. The molecule has 24 heavy (non-hydrogen) atoms. The molecule has 0 unspecified atom stereocenters. The van der Waals surface area contributed by atoms with E-state index in [2.05, 4.69) is 15.5 Å². The van der Waals surface area contributed by atoms with Crippen molar-refractivity contribution in [3.8, 4) is 11.5 Å². The zero-order valence-corrected chi connectivity index (χ0v) is 12.5. The lowest BCUT2D eigenvalue weighted by Crippen LogP contribution is -2.12. The maximum atomic E-state index is 13.0. The number of amides is 1. The number of rotatable bonds is 5. The van der Waals surface area contributed by atoms with Crippen molar-refractivity contribution < 1.29 is 18.0 Å². The van der Waals surface area contributed by atoms with E-state index in [1.54, 1.807) is 6.07 Å². The van der Waals surface area contributed by atoms with E-state index in [9.17, 15) is 13.6 Å². The molecule has 3 aromatic rings. The minimum atomic E-state index is -0.423. The van der Waals surface area contributed by atoms with Crippen LogP contribution >= 0.6 is 0 Å². The number of carbonyl (C=O) groups excluding carboxylic acids is 1. The Morgan fingerprint density at radius 3 is 2.58 bits per heavy atom. The maximum absolute atomic E-state index is 13.0. The Kier molecular flexibility index (Phi) is 4.60. The SMILES string of the molecule is O=C(CCc1nnc(-c2ccc(F)cc2)o1)Nc1cccc(F)c1. The van der Waals surface area contributed by atoms with Crippen LogP contribution in [0.5, 0.6) is 0 Å². The molecule has 5 nitrogen and oxygen atoms in total. The summed E-state index contributed by atoms with van der Waals surface area (Å²) in [6.45, 7) is 0. The minimum absolute atomic E-state index is 0.113. The molecule has 1 N–H and O–H groups in total. The lowest BCUT2D eigenvalue weighted by atomic mass is 10.2. The van der Waals surface area contributed by atoms with Gasteiger partial charge in [-0.05, 0) is 42.5 Å². The summed E-state index contributed by atoms with van der Waals surface area (Å²) in [7, 11) is 0. The Labute approximate surface area is 136 Å². The molecule has 0 saturated carbocycles. The molecule has 0 aliphatic heterocycles. The first-order valence-electron chi connectivity index (χ1n) is 7.24. The first-order chi connectivity index (χ1) is 11.6. The van der Waals surface area contributed by atoms with Gasteiger partial charge in [-0.1, -0.05) is 6.07 Å². The smallest absolute Gasteiger partial charge is 0.247 e. The topological polar surface area (TPSA) is 68.0 Å². The Balaban J connectivity index is 1.57. The first kappa shape index (κ1) is 15.8. The van der Waals surface area contributed by atoms with Gasteiger partial charge in [-0.2, -0.15) is 0 Å². The number of hydrogen-bond donors (Lipinski definition) is 1. The molecule has 1 amide bonds. The lowest BCUT2D eigenvalue weighted by molar-refractivity contribution is -0.116. The zero-order valence-electron chi connectivity index (χ0n) is 12.5. The average molecular weight is 329 g/mol. The molecule has 0 saturated heterocycles. The van der Waals surface area contributed by atoms with Gasteiger partial charge in [0.05, 0.1) is 0 Å². The van der Waals surface area contributed by atoms with Crippen LogP contribution in [-0.4, -0.2) is 16.1 Å². The molecule has 1 aromatic heterocycles. The van der Waals surface area contributed by atoms with E-state index < -0.39 is 5.82 Å². The predicted octanol–water partition coefficient (Wildman–Crippen LogP) is 3.59. The normalized spacial score (nSPS) is 10.6. The third kappa shape index (κ3) is 4.01. The molecule has 0 fully saturated rings. The van der Waals surface area contributed by atoms with Gasteiger partial charge in [-0.25, -0.2) is 8.78 Å². The number of halogens is 2. The number of aryl methyl sites for hydroxylation is 1. The summed E-state index contributed by atoms with van der Waals surface area (Å²) in [5.74, 6) is -0.512. The maximum Gasteiger partial charge on any atom is 0.247 e. The van der Waals surface area contributed by atoms with Crippen LogP contribution in [0.2, 0.25) is 0 Å². The second kappa shape index (κ2) is 6.99. The monoisotopic (exact) mass is 329 g/mol. The van der Waals surface area contributed by atoms with E-state index in [1.165, 1.54) is 42.5 Å². The number of benzene rings is 2. The van der Waals surface area contributed by atoms with E-state index in [-0.39, 0.29) is 30.5 Å². The van der Waals surface area contributed by atoms with E-state index in [1.807, 2.05) is 0 Å². The van der Waals surface area contributed by atoms with Crippen LogP contribution in [0.3, 0.4) is 0 Å². The molecular weight excluding hydrogens is 316 g/mol. The average Bonchev–Trinajstić information content (AvgIpc) is 3.03. The fourth-order valence-electron chi connectivity index (χ4n) is 2.07. The standard InChI is InChI=1S/C17H13F2N3O2/c18-12-6-4-11(5-7-12)17-22-21-16(24-17)9-8-15(23)20-14-3-1-2-13(19)10-14/h1-7,10H,8-9H2,(H,20,23). The highest BCUT2D eigenvalue weighted by Crippen LogP contribution is 2.18. The Hall–Kier alpha value is -3.09. The van der Waals surface area contributed by atoms with E-state index in [4.69, 9.17) is 4.42 Å². The molecule has 0 aliphatic carbocycles. The van der Waals surface area contributed by atoms with Crippen molar-refractivity contribution in [1.82, 2.24) is 10.2 Å². The quantitative estimate of drug-likeness (QED) is 0.777. The molecule has 0 spiro atoms. The van der Waals surface area contributed by atoms with E-state index in [0.29, 0.717) is 17.1 Å². The Morgan fingerprint density at radius 2 is 1.83 bits per heavy atom. The highest BCUT2D eigenvalue weighted by atomic mass is 19.1. The molecule has 0 bridgehead atoms. The summed E-state index contributed by atoms with van der Waals surface area (Å²) < 4.78 is 31.4. The zero-order chi connectivity index (χ0) is 16.9. The van der Waals surface area contributed by atoms with Crippen molar-refractivity contribution in [2.45, 2.75) is 12.8 Å². The second-order valence-corrected chi connectivity index (χ2v) is 5.07. The van der Waals surface area contributed by atoms with Crippen LogP contribution in [0.1, 0.15) is 12.3 Å². The predicted molar refractivity (Wildman–Crippen MR) is 83.0 cm³/mol. The summed E-state index contributed by atoms with van der Waals surface area (Å²) in [6.07, 6.45) is 0.358. The van der Waals surface area contributed by atoms with Crippen molar-refractivity contribution in [2.75, 3.05) is 5.32 Å². The van der Waals surface area contributed by atoms with Gasteiger partial charge in [-0.15, -0.1) is 10.2 Å². The van der Waals surface area contributed by atoms with Crippen LogP contribution in [0.25, 0.3) is 11.5 Å². The molecular formula is C17H13F2N3O2. The lowest BCUT2D eigenvalue weighted by Gasteiger charge is -2.03. The number of anilines is 1. The fourth-order valence-corrected chi connectivity index (χ4v) is 2.07. The van der Waals surface area contributed by atoms with Gasteiger partial charge in [-0.3, -0.25) is 4.79 Å². The van der Waals surface area contributed by atoms with Crippen molar-refractivity contribution in [3.05, 3.63) is 66.1 Å². The third-order valence-corrected chi connectivity index (χ3v) is 3.23. The second-order valence-electron chi connectivity index (χ2n) is 5.07. The van der Waals surface area contributed by atoms with Crippen LogP contribution in [-0.2, 0) is 11.2 Å². The third-order valence-electron chi connectivity index (χ3n) is 3.23. The summed E-state index contributed by atoms with van der Waals surface area (Å²) in [4.78, 5) is 11.8. The summed E-state index contributed by atoms with van der Waals surface area (Å²) in [6, 6.07) is 11.3. The van der Waals surface area contributed by atoms with Crippen molar-refractivity contribution in [1.29, 1.82) is 0 Å². The number of hydrogen-bond acceptors (Lipinski definition) is 4. The number of nitrogens with one attached hydrogen (secondary N) is 1. The van der Waals surface area contributed by atoms with Crippen LogP contribution in [0.15, 0.2) is 52.9 Å². The van der Waals surface area contributed by atoms with Crippen molar-refractivity contribution >= 4 is 11.6 Å². The molecule has 0 atom stereocenters. The molecule has 1 heterocycles. The van der Waals surface area contributed by atoms with Crippen molar-refractivity contribution in [2.24, 2.45) is 0 Å². The minimum Gasteiger partial charge on any atom is -0.421 e. The first-order valence-corrected chi connectivity index (χ1v) is 7.24. The van der Waals surface area contributed by atoms with Gasteiger partial charge in [0, 0.05) is 24.1 Å².